The van der Waals surface area contributed by atoms with E-state index in [0.717, 1.165) is 22.8 Å². The summed E-state index contributed by atoms with van der Waals surface area (Å²) in [6, 6.07) is 3.82. The highest BCUT2D eigenvalue weighted by atomic mass is 16.5. The highest BCUT2D eigenvalue weighted by Gasteiger charge is 2.02. The van der Waals surface area contributed by atoms with Crippen molar-refractivity contribution in [1.29, 1.82) is 0 Å². The Bertz CT molecular complexity index is 472. The number of nitrogens with zero attached hydrogens (tertiary/aromatic N) is 3. The highest BCUT2D eigenvalue weighted by Crippen LogP contribution is 2.06. The highest BCUT2D eigenvalue weighted by molar-refractivity contribution is 5.28. The van der Waals surface area contributed by atoms with Gasteiger partial charge in [-0.25, -0.2) is 9.97 Å². The first-order chi connectivity index (χ1) is 7.63. The van der Waals surface area contributed by atoms with E-state index >= 15 is 0 Å². The fraction of sp³-hybridized carbons (Fsp3) is 0.364. The van der Waals surface area contributed by atoms with Gasteiger partial charge < -0.3 is 9.84 Å². The fourth-order valence-electron chi connectivity index (χ4n) is 1.48. The molecule has 0 aliphatic heterocycles. The topological polar surface area (TPSA) is 63.8 Å². The molecule has 1 N–H and O–H groups in total. The second-order valence-corrected chi connectivity index (χ2v) is 3.76. The Labute approximate surface area is 93.9 Å². The summed E-state index contributed by atoms with van der Waals surface area (Å²) in [6.45, 7) is 6.32. The van der Waals surface area contributed by atoms with Crippen molar-refractivity contribution in [2.24, 2.45) is 0 Å². The molecule has 5 nitrogen and oxygen atoms in total. The maximum absolute atomic E-state index is 4.97. The van der Waals surface area contributed by atoms with E-state index in [1.807, 2.05) is 32.9 Å². The van der Waals surface area contributed by atoms with E-state index in [2.05, 4.69) is 20.4 Å². The van der Waals surface area contributed by atoms with Gasteiger partial charge in [-0.05, 0) is 26.8 Å². The first-order valence-corrected chi connectivity index (χ1v) is 5.12. The van der Waals surface area contributed by atoms with Gasteiger partial charge in [-0.15, -0.1) is 0 Å². The van der Waals surface area contributed by atoms with Crippen LogP contribution in [0.25, 0.3) is 0 Å². The van der Waals surface area contributed by atoms with Crippen LogP contribution < -0.4 is 5.32 Å². The Balaban J connectivity index is 2.04. The van der Waals surface area contributed by atoms with Crippen LogP contribution in [0.2, 0.25) is 0 Å². The second-order valence-electron chi connectivity index (χ2n) is 3.76. The minimum Gasteiger partial charge on any atom is -0.361 e. The summed E-state index contributed by atoms with van der Waals surface area (Å²) < 4.78 is 4.97. The standard InChI is InChI=1S/C11H14N4O/c1-7-4-8(2)14-11(13-7)12-6-10-5-9(3)16-15-10/h4-5H,6H2,1-3H3,(H,12,13,14). The van der Waals surface area contributed by atoms with Crippen molar-refractivity contribution in [3.63, 3.8) is 0 Å². The van der Waals surface area contributed by atoms with Crippen molar-refractivity contribution in [2.45, 2.75) is 27.3 Å². The van der Waals surface area contributed by atoms with Gasteiger partial charge in [0.15, 0.2) is 0 Å². The van der Waals surface area contributed by atoms with Crippen LogP contribution in [-0.4, -0.2) is 15.1 Å². The number of aromatic nitrogens is 3. The lowest BCUT2D eigenvalue weighted by Crippen LogP contribution is -2.05. The molecular formula is C11H14N4O. The number of anilines is 1. The quantitative estimate of drug-likeness (QED) is 0.853. The molecule has 0 spiro atoms. The zero-order valence-corrected chi connectivity index (χ0v) is 9.61. The predicted octanol–water partition coefficient (Wildman–Crippen LogP) is 2.00. The summed E-state index contributed by atoms with van der Waals surface area (Å²) >= 11 is 0. The summed E-state index contributed by atoms with van der Waals surface area (Å²) in [4.78, 5) is 8.55. The lowest BCUT2D eigenvalue weighted by Gasteiger charge is -2.04. The van der Waals surface area contributed by atoms with E-state index < -0.39 is 0 Å². The van der Waals surface area contributed by atoms with Crippen molar-refractivity contribution < 1.29 is 4.52 Å². The molecule has 2 aromatic rings. The third-order valence-corrected chi connectivity index (χ3v) is 2.09. The molecule has 5 heteroatoms. The van der Waals surface area contributed by atoms with Gasteiger partial charge in [-0.3, -0.25) is 0 Å². The van der Waals surface area contributed by atoms with Crippen LogP contribution in [0.1, 0.15) is 22.8 Å². The van der Waals surface area contributed by atoms with Crippen LogP contribution in [0.4, 0.5) is 5.95 Å². The number of hydrogen-bond donors (Lipinski definition) is 1. The molecule has 2 aromatic heterocycles. The van der Waals surface area contributed by atoms with Crippen molar-refractivity contribution in [3.05, 3.63) is 35.0 Å². The molecule has 0 atom stereocenters. The Morgan fingerprint density at radius 1 is 1.12 bits per heavy atom. The molecule has 0 aromatic carbocycles. The molecule has 0 bridgehead atoms. The Morgan fingerprint density at radius 3 is 2.38 bits per heavy atom. The van der Waals surface area contributed by atoms with Gasteiger partial charge in [-0.1, -0.05) is 5.16 Å². The molecule has 16 heavy (non-hydrogen) atoms. The number of rotatable bonds is 3. The van der Waals surface area contributed by atoms with Gasteiger partial charge >= 0.3 is 0 Å². The first kappa shape index (κ1) is 10.6. The molecular weight excluding hydrogens is 204 g/mol. The van der Waals surface area contributed by atoms with Gasteiger partial charge in [0, 0.05) is 17.5 Å². The molecule has 0 fully saturated rings. The average Bonchev–Trinajstić information content (AvgIpc) is 2.60. The van der Waals surface area contributed by atoms with Gasteiger partial charge in [-0.2, -0.15) is 0 Å². The average molecular weight is 218 g/mol. The molecule has 2 heterocycles. The third kappa shape index (κ3) is 2.56. The zero-order valence-electron chi connectivity index (χ0n) is 9.61. The van der Waals surface area contributed by atoms with Gasteiger partial charge in [0.05, 0.1) is 6.54 Å². The summed E-state index contributed by atoms with van der Waals surface area (Å²) in [6.07, 6.45) is 0. The molecule has 0 aliphatic rings. The van der Waals surface area contributed by atoms with E-state index in [9.17, 15) is 0 Å². The van der Waals surface area contributed by atoms with Crippen molar-refractivity contribution >= 4 is 5.95 Å². The van der Waals surface area contributed by atoms with Crippen molar-refractivity contribution in [2.75, 3.05) is 5.32 Å². The summed E-state index contributed by atoms with van der Waals surface area (Å²) in [5, 5.41) is 6.99. The number of hydrogen-bond acceptors (Lipinski definition) is 5. The first-order valence-electron chi connectivity index (χ1n) is 5.12. The van der Waals surface area contributed by atoms with Gasteiger partial charge in [0.1, 0.15) is 11.5 Å². The normalized spacial score (nSPS) is 10.4. The Kier molecular flexibility index (Phi) is 2.85. The van der Waals surface area contributed by atoms with E-state index in [1.54, 1.807) is 0 Å². The SMILES string of the molecule is Cc1cc(C)nc(NCc2cc(C)on2)n1. The molecule has 0 saturated carbocycles. The fourth-order valence-corrected chi connectivity index (χ4v) is 1.48. The lowest BCUT2D eigenvalue weighted by atomic mass is 10.3. The van der Waals surface area contributed by atoms with Crippen LogP contribution in [0, 0.1) is 20.8 Å². The molecule has 84 valence electrons. The van der Waals surface area contributed by atoms with Crippen LogP contribution in [0.3, 0.4) is 0 Å². The van der Waals surface area contributed by atoms with Crippen molar-refractivity contribution in [3.8, 4) is 0 Å². The smallest absolute Gasteiger partial charge is 0.223 e. The zero-order chi connectivity index (χ0) is 11.5. The van der Waals surface area contributed by atoms with E-state index in [1.165, 1.54) is 0 Å². The molecule has 0 saturated heterocycles. The molecule has 0 unspecified atom stereocenters. The van der Waals surface area contributed by atoms with E-state index in [0.29, 0.717) is 12.5 Å². The third-order valence-electron chi connectivity index (χ3n) is 2.09. The maximum Gasteiger partial charge on any atom is 0.223 e. The largest absolute Gasteiger partial charge is 0.361 e. The van der Waals surface area contributed by atoms with Crippen LogP contribution in [0.5, 0.6) is 0 Å². The van der Waals surface area contributed by atoms with E-state index in [-0.39, 0.29) is 0 Å². The monoisotopic (exact) mass is 218 g/mol. The minimum atomic E-state index is 0.570. The Morgan fingerprint density at radius 2 is 1.81 bits per heavy atom. The number of aryl methyl sites for hydroxylation is 3. The van der Waals surface area contributed by atoms with Crippen LogP contribution in [-0.2, 0) is 6.54 Å². The maximum atomic E-state index is 4.97. The van der Waals surface area contributed by atoms with Gasteiger partial charge in [0.2, 0.25) is 5.95 Å². The summed E-state index contributed by atoms with van der Waals surface area (Å²) in [5.74, 6) is 1.43. The summed E-state index contributed by atoms with van der Waals surface area (Å²) in [5.41, 5.74) is 2.75. The molecule has 0 aliphatic carbocycles. The van der Waals surface area contributed by atoms with Crippen LogP contribution in [0.15, 0.2) is 16.7 Å². The lowest BCUT2D eigenvalue weighted by molar-refractivity contribution is 0.391. The Hall–Kier alpha value is -1.91. The summed E-state index contributed by atoms with van der Waals surface area (Å²) in [7, 11) is 0. The van der Waals surface area contributed by atoms with Crippen LogP contribution >= 0.6 is 0 Å². The molecule has 0 radical (unpaired) electrons. The van der Waals surface area contributed by atoms with E-state index in [4.69, 9.17) is 4.52 Å². The minimum absolute atomic E-state index is 0.570. The number of nitrogens with one attached hydrogen (secondary N) is 1. The predicted molar refractivity (Wildman–Crippen MR) is 60.1 cm³/mol. The molecule has 0 amide bonds. The molecule has 2 rings (SSSR count). The van der Waals surface area contributed by atoms with Gasteiger partial charge in [0.25, 0.3) is 0 Å². The van der Waals surface area contributed by atoms with Crippen molar-refractivity contribution in [1.82, 2.24) is 15.1 Å². The second kappa shape index (κ2) is 4.30.